The predicted octanol–water partition coefficient (Wildman–Crippen LogP) is 3.27. The summed E-state index contributed by atoms with van der Waals surface area (Å²) in [7, 11) is 0. The molecule has 0 aliphatic heterocycles. The third-order valence-corrected chi connectivity index (χ3v) is 5.29. The Morgan fingerprint density at radius 2 is 1.88 bits per heavy atom. The van der Waals surface area contributed by atoms with Crippen LogP contribution in [0.15, 0.2) is 18.2 Å². The number of benzene rings is 1. The summed E-state index contributed by atoms with van der Waals surface area (Å²) in [5, 5.41) is 0. The predicted molar refractivity (Wildman–Crippen MR) is 95.4 cm³/mol. The number of nitrogens with zero attached hydrogens (tertiary/aromatic N) is 1. The number of rotatable bonds is 6. The average molecular weight is 377 g/mol. The van der Waals surface area contributed by atoms with Gasteiger partial charge in [0.15, 0.2) is 0 Å². The first-order valence-electron chi connectivity index (χ1n) is 8.31. The molecular formula is C18H27ClF2N2O2. The van der Waals surface area contributed by atoms with E-state index in [1.54, 1.807) is 6.92 Å². The van der Waals surface area contributed by atoms with Gasteiger partial charge in [-0.05, 0) is 26.0 Å². The van der Waals surface area contributed by atoms with Gasteiger partial charge in [0, 0.05) is 30.6 Å². The number of nitrogens with two attached hydrogens (primary N) is 1. The van der Waals surface area contributed by atoms with Crippen molar-refractivity contribution < 1.29 is 18.3 Å². The fraction of sp³-hybridized carbons (Fsp3) is 0.611. The first-order chi connectivity index (χ1) is 11.2. The molecule has 1 aromatic rings. The van der Waals surface area contributed by atoms with Crippen molar-refractivity contribution in [3.05, 3.63) is 35.4 Å². The van der Waals surface area contributed by atoms with Crippen LogP contribution in [-0.4, -0.2) is 35.6 Å². The second kappa shape index (κ2) is 7.98. The van der Waals surface area contributed by atoms with E-state index >= 15 is 0 Å². The van der Waals surface area contributed by atoms with E-state index in [-0.39, 0.29) is 36.5 Å². The number of hydrogen-bond acceptors (Lipinski definition) is 3. The molecule has 4 nitrogen and oxygen atoms in total. The zero-order valence-corrected chi connectivity index (χ0v) is 16.0. The van der Waals surface area contributed by atoms with Gasteiger partial charge in [-0.2, -0.15) is 0 Å². The molecule has 0 saturated heterocycles. The highest BCUT2D eigenvalue weighted by Gasteiger charge is 2.63. The van der Waals surface area contributed by atoms with E-state index in [9.17, 15) is 13.6 Å². The van der Waals surface area contributed by atoms with Crippen LogP contribution in [0, 0.1) is 17.0 Å². The summed E-state index contributed by atoms with van der Waals surface area (Å²) >= 11 is 0. The smallest absolute Gasteiger partial charge is 0.243 e. The third kappa shape index (κ3) is 3.66. The zero-order valence-electron chi connectivity index (χ0n) is 15.1. The third-order valence-electron chi connectivity index (χ3n) is 5.29. The van der Waals surface area contributed by atoms with E-state index in [2.05, 4.69) is 0 Å². The number of carbonyl (C=O) groups is 1. The maximum atomic E-state index is 13.9. The van der Waals surface area contributed by atoms with Crippen LogP contribution in [0.1, 0.15) is 39.7 Å². The van der Waals surface area contributed by atoms with Crippen molar-refractivity contribution in [3.63, 3.8) is 0 Å². The molecule has 1 aliphatic rings. The van der Waals surface area contributed by atoms with Crippen molar-refractivity contribution in [2.45, 2.75) is 52.3 Å². The second-order valence-electron chi connectivity index (χ2n) is 6.86. The largest absolute Gasteiger partial charge is 0.378 e. The van der Waals surface area contributed by atoms with Crippen molar-refractivity contribution in [2.75, 3.05) is 13.2 Å². The minimum absolute atomic E-state index is 0. The highest BCUT2D eigenvalue weighted by atomic mass is 35.5. The minimum Gasteiger partial charge on any atom is -0.378 e. The summed E-state index contributed by atoms with van der Waals surface area (Å²) < 4.78 is 33.4. The summed E-state index contributed by atoms with van der Waals surface area (Å²) in [6.07, 6.45) is 0.309. The standard InChI is InChI=1S/C18H26F2N2O2.ClH/c1-5-22(11-12-13(19)8-7-9-14(12)20)16(23)18(21)10-15(24-6-2)17(18,3)4;/h7-9,15H,5-6,10-11,21H2,1-4H3;1H. The average Bonchev–Trinajstić information content (AvgIpc) is 2.53. The molecule has 0 aromatic heterocycles. The minimum atomic E-state index is -1.09. The Hall–Kier alpha value is -1.24. The number of likely N-dealkylation sites (N-methyl/N-ethyl adjacent to an activating group) is 1. The molecule has 0 heterocycles. The monoisotopic (exact) mass is 376 g/mol. The van der Waals surface area contributed by atoms with Crippen molar-refractivity contribution in [1.82, 2.24) is 4.90 Å². The van der Waals surface area contributed by atoms with E-state index in [1.807, 2.05) is 20.8 Å². The summed E-state index contributed by atoms with van der Waals surface area (Å²) in [6.45, 7) is 8.19. The lowest BCUT2D eigenvalue weighted by atomic mass is 9.54. The number of carbonyl (C=O) groups excluding carboxylic acids is 1. The number of halogens is 3. The molecule has 1 saturated carbocycles. The highest BCUT2D eigenvalue weighted by molar-refractivity contribution is 5.89. The van der Waals surface area contributed by atoms with Crippen LogP contribution in [0.5, 0.6) is 0 Å². The van der Waals surface area contributed by atoms with Crippen LogP contribution in [0.3, 0.4) is 0 Å². The summed E-state index contributed by atoms with van der Waals surface area (Å²) in [5.74, 6) is -1.62. The zero-order chi connectivity index (χ0) is 18.1. The molecule has 1 aliphatic carbocycles. The summed E-state index contributed by atoms with van der Waals surface area (Å²) in [6, 6.07) is 3.68. The molecule has 2 N–H and O–H groups in total. The molecule has 1 amide bonds. The fourth-order valence-electron chi connectivity index (χ4n) is 3.28. The van der Waals surface area contributed by atoms with Crippen LogP contribution in [-0.2, 0) is 16.1 Å². The molecule has 1 aromatic carbocycles. The van der Waals surface area contributed by atoms with E-state index in [4.69, 9.17) is 10.5 Å². The lowest BCUT2D eigenvalue weighted by Crippen LogP contribution is -2.76. The van der Waals surface area contributed by atoms with Crippen molar-refractivity contribution in [1.29, 1.82) is 0 Å². The molecule has 0 spiro atoms. The Morgan fingerprint density at radius 3 is 2.32 bits per heavy atom. The Kier molecular flexibility index (Phi) is 6.95. The lowest BCUT2D eigenvalue weighted by molar-refractivity contribution is -0.179. The van der Waals surface area contributed by atoms with Crippen LogP contribution >= 0.6 is 12.4 Å². The number of hydrogen-bond donors (Lipinski definition) is 1. The van der Waals surface area contributed by atoms with E-state index in [0.717, 1.165) is 0 Å². The first-order valence-corrected chi connectivity index (χ1v) is 8.31. The Morgan fingerprint density at radius 1 is 1.32 bits per heavy atom. The van der Waals surface area contributed by atoms with Crippen molar-refractivity contribution in [2.24, 2.45) is 11.1 Å². The molecule has 25 heavy (non-hydrogen) atoms. The molecule has 2 rings (SSSR count). The van der Waals surface area contributed by atoms with Gasteiger partial charge < -0.3 is 15.4 Å². The fourth-order valence-corrected chi connectivity index (χ4v) is 3.28. The molecular weight excluding hydrogens is 350 g/mol. The maximum absolute atomic E-state index is 13.9. The molecule has 142 valence electrons. The van der Waals surface area contributed by atoms with Crippen molar-refractivity contribution in [3.8, 4) is 0 Å². The highest BCUT2D eigenvalue weighted by Crippen LogP contribution is 2.50. The van der Waals surface area contributed by atoms with Crippen LogP contribution < -0.4 is 5.73 Å². The lowest BCUT2D eigenvalue weighted by Gasteiger charge is -2.58. The molecule has 7 heteroatoms. The van der Waals surface area contributed by atoms with Gasteiger partial charge in [0.2, 0.25) is 5.91 Å². The van der Waals surface area contributed by atoms with Gasteiger partial charge in [-0.3, -0.25) is 4.79 Å². The normalized spacial score (nSPS) is 24.2. The van der Waals surface area contributed by atoms with Crippen LogP contribution in [0.2, 0.25) is 0 Å². The van der Waals surface area contributed by atoms with Gasteiger partial charge >= 0.3 is 0 Å². The van der Waals surface area contributed by atoms with Gasteiger partial charge in [-0.1, -0.05) is 19.9 Å². The Bertz CT molecular complexity index is 607. The van der Waals surface area contributed by atoms with Crippen LogP contribution in [0.25, 0.3) is 0 Å². The van der Waals surface area contributed by atoms with E-state index in [0.29, 0.717) is 19.6 Å². The molecule has 2 atom stereocenters. The van der Waals surface area contributed by atoms with E-state index in [1.165, 1.54) is 23.1 Å². The molecule has 1 fully saturated rings. The van der Waals surface area contributed by atoms with E-state index < -0.39 is 22.6 Å². The van der Waals surface area contributed by atoms with Gasteiger partial charge in [0.25, 0.3) is 0 Å². The Balaban J connectivity index is 0.00000312. The number of amides is 1. The SMILES string of the molecule is CCOC1CC(N)(C(=O)N(CC)Cc2c(F)cccc2F)C1(C)C.Cl. The van der Waals surface area contributed by atoms with Gasteiger partial charge in [-0.15, -0.1) is 12.4 Å². The number of ether oxygens (including phenoxy) is 1. The summed E-state index contributed by atoms with van der Waals surface area (Å²) in [4.78, 5) is 14.4. The van der Waals surface area contributed by atoms with Crippen LogP contribution in [0.4, 0.5) is 8.78 Å². The molecule has 0 bridgehead atoms. The second-order valence-corrected chi connectivity index (χ2v) is 6.86. The molecule has 0 radical (unpaired) electrons. The topological polar surface area (TPSA) is 55.6 Å². The first kappa shape index (κ1) is 21.8. The van der Waals surface area contributed by atoms with Gasteiger partial charge in [-0.25, -0.2) is 8.78 Å². The van der Waals surface area contributed by atoms with Gasteiger partial charge in [0.1, 0.15) is 17.2 Å². The maximum Gasteiger partial charge on any atom is 0.243 e. The van der Waals surface area contributed by atoms with Gasteiger partial charge in [0.05, 0.1) is 12.6 Å². The quantitative estimate of drug-likeness (QED) is 0.829. The summed E-state index contributed by atoms with van der Waals surface area (Å²) in [5.41, 5.74) is 4.64. The molecule has 2 unspecified atom stereocenters. The van der Waals surface area contributed by atoms with Crippen molar-refractivity contribution >= 4 is 18.3 Å². The Labute approximate surface area is 154 Å².